The molecule has 2 aromatic rings. The highest BCUT2D eigenvalue weighted by atomic mass is 15.1. The third kappa shape index (κ3) is 2.53. The molecule has 0 bridgehead atoms. The molecule has 0 spiro atoms. The van der Waals surface area contributed by atoms with Gasteiger partial charge in [-0.05, 0) is 43.7 Å². The Labute approximate surface area is 120 Å². The minimum Gasteiger partial charge on any atom is -0.363 e. The second-order valence-electron chi connectivity index (χ2n) is 5.78. The van der Waals surface area contributed by atoms with Crippen LogP contribution in [0.5, 0.6) is 0 Å². The zero-order chi connectivity index (χ0) is 14.1. The summed E-state index contributed by atoms with van der Waals surface area (Å²) in [5.74, 6) is 2.37. The van der Waals surface area contributed by atoms with Crippen LogP contribution in [-0.4, -0.2) is 9.97 Å². The lowest BCUT2D eigenvalue weighted by molar-refractivity contribution is 0.433. The van der Waals surface area contributed by atoms with Crippen molar-refractivity contribution in [2.75, 3.05) is 5.32 Å². The van der Waals surface area contributed by atoms with Crippen LogP contribution in [0.15, 0.2) is 30.3 Å². The zero-order valence-electron chi connectivity index (χ0n) is 12.4. The molecule has 1 aromatic heterocycles. The molecule has 0 saturated carbocycles. The van der Waals surface area contributed by atoms with E-state index in [1.54, 1.807) is 0 Å². The minimum atomic E-state index is 0.341. The Hall–Kier alpha value is -1.90. The predicted molar refractivity (Wildman–Crippen MR) is 81.8 cm³/mol. The normalized spacial score (nSPS) is 21.4. The molecule has 1 aliphatic rings. The maximum absolute atomic E-state index is 4.51. The van der Waals surface area contributed by atoms with Gasteiger partial charge >= 0.3 is 0 Å². The van der Waals surface area contributed by atoms with Crippen LogP contribution < -0.4 is 5.32 Å². The lowest BCUT2D eigenvalue weighted by Gasteiger charge is -2.32. The van der Waals surface area contributed by atoms with Crippen molar-refractivity contribution < 1.29 is 0 Å². The molecule has 1 heterocycles. The lowest BCUT2D eigenvalue weighted by atomic mass is 9.81. The Morgan fingerprint density at radius 1 is 1.15 bits per heavy atom. The van der Waals surface area contributed by atoms with Crippen molar-refractivity contribution in [1.29, 1.82) is 0 Å². The molecule has 104 valence electrons. The first-order valence-corrected chi connectivity index (χ1v) is 7.30. The Kier molecular flexibility index (Phi) is 3.43. The van der Waals surface area contributed by atoms with Crippen LogP contribution in [0, 0.1) is 19.8 Å². The molecule has 20 heavy (non-hydrogen) atoms. The van der Waals surface area contributed by atoms with Gasteiger partial charge < -0.3 is 5.32 Å². The lowest BCUT2D eigenvalue weighted by Crippen LogP contribution is -2.25. The highest BCUT2D eigenvalue weighted by Crippen LogP contribution is 2.36. The van der Waals surface area contributed by atoms with Crippen LogP contribution in [0.25, 0.3) is 0 Å². The van der Waals surface area contributed by atoms with E-state index >= 15 is 0 Å². The standard InChI is InChI=1S/C17H21N3/c1-11-8-9-14-6-4-5-7-15(14)17(11)20-16-10-12(2)18-13(3)19-16/h4-7,10-11,17H,8-9H2,1-3H3,(H,18,19,20). The first kappa shape index (κ1) is 13.1. The Bertz CT molecular complexity index is 601. The van der Waals surface area contributed by atoms with E-state index in [-0.39, 0.29) is 0 Å². The van der Waals surface area contributed by atoms with Crippen molar-refractivity contribution >= 4 is 5.82 Å². The molecule has 2 unspecified atom stereocenters. The van der Waals surface area contributed by atoms with E-state index < -0.39 is 0 Å². The van der Waals surface area contributed by atoms with E-state index in [1.165, 1.54) is 24.0 Å². The van der Waals surface area contributed by atoms with E-state index in [0.717, 1.165) is 17.3 Å². The first-order chi connectivity index (χ1) is 9.63. The minimum absolute atomic E-state index is 0.341. The fraction of sp³-hybridized carbons (Fsp3) is 0.412. The van der Waals surface area contributed by atoms with Gasteiger partial charge in [-0.1, -0.05) is 31.2 Å². The van der Waals surface area contributed by atoms with Gasteiger partial charge in [-0.25, -0.2) is 9.97 Å². The summed E-state index contributed by atoms with van der Waals surface area (Å²) in [4.78, 5) is 8.85. The Morgan fingerprint density at radius 3 is 2.75 bits per heavy atom. The van der Waals surface area contributed by atoms with E-state index in [1.807, 2.05) is 19.9 Å². The van der Waals surface area contributed by atoms with E-state index in [9.17, 15) is 0 Å². The maximum Gasteiger partial charge on any atom is 0.130 e. The first-order valence-electron chi connectivity index (χ1n) is 7.30. The van der Waals surface area contributed by atoms with Crippen molar-refractivity contribution in [3.63, 3.8) is 0 Å². The molecule has 3 nitrogen and oxygen atoms in total. The smallest absolute Gasteiger partial charge is 0.130 e. The molecule has 2 atom stereocenters. The van der Waals surface area contributed by atoms with Crippen LogP contribution in [0.2, 0.25) is 0 Å². The number of benzene rings is 1. The summed E-state index contributed by atoms with van der Waals surface area (Å²) >= 11 is 0. The van der Waals surface area contributed by atoms with Crippen molar-refractivity contribution in [3.8, 4) is 0 Å². The van der Waals surface area contributed by atoms with Crippen molar-refractivity contribution in [2.45, 2.75) is 39.7 Å². The van der Waals surface area contributed by atoms with E-state index in [4.69, 9.17) is 0 Å². The number of hydrogen-bond acceptors (Lipinski definition) is 3. The number of rotatable bonds is 2. The summed E-state index contributed by atoms with van der Waals surface area (Å²) in [5.41, 5.74) is 3.89. The fourth-order valence-electron chi connectivity index (χ4n) is 3.09. The third-order valence-corrected chi connectivity index (χ3v) is 4.10. The van der Waals surface area contributed by atoms with Crippen LogP contribution in [-0.2, 0) is 6.42 Å². The molecular weight excluding hydrogens is 246 g/mol. The van der Waals surface area contributed by atoms with Gasteiger partial charge in [0.15, 0.2) is 0 Å². The summed E-state index contributed by atoms with van der Waals surface area (Å²) in [6.45, 7) is 6.27. The number of aromatic nitrogens is 2. The second-order valence-corrected chi connectivity index (χ2v) is 5.78. The third-order valence-electron chi connectivity index (χ3n) is 4.10. The van der Waals surface area contributed by atoms with Crippen molar-refractivity contribution in [3.05, 3.63) is 53.0 Å². The molecule has 1 aliphatic carbocycles. The highest BCUT2D eigenvalue weighted by molar-refractivity contribution is 5.43. The fourth-order valence-corrected chi connectivity index (χ4v) is 3.09. The molecule has 0 amide bonds. The van der Waals surface area contributed by atoms with Gasteiger partial charge in [0.25, 0.3) is 0 Å². The quantitative estimate of drug-likeness (QED) is 0.898. The van der Waals surface area contributed by atoms with Crippen LogP contribution >= 0.6 is 0 Å². The summed E-state index contributed by atoms with van der Waals surface area (Å²) in [6.07, 6.45) is 2.40. The van der Waals surface area contributed by atoms with Crippen LogP contribution in [0.3, 0.4) is 0 Å². The molecule has 3 rings (SSSR count). The Balaban J connectivity index is 1.93. The van der Waals surface area contributed by atoms with Gasteiger partial charge in [0.05, 0.1) is 6.04 Å². The monoisotopic (exact) mass is 267 g/mol. The average Bonchev–Trinajstić information content (AvgIpc) is 2.41. The number of hydrogen-bond donors (Lipinski definition) is 1. The predicted octanol–water partition coefficient (Wildman–Crippen LogP) is 3.83. The molecule has 1 N–H and O–H groups in total. The average molecular weight is 267 g/mol. The van der Waals surface area contributed by atoms with Gasteiger partial charge in [-0.15, -0.1) is 0 Å². The Morgan fingerprint density at radius 2 is 1.95 bits per heavy atom. The number of nitrogens with one attached hydrogen (secondary N) is 1. The summed E-state index contributed by atoms with van der Waals surface area (Å²) in [5, 5.41) is 3.62. The molecule has 1 aromatic carbocycles. The van der Waals surface area contributed by atoms with Gasteiger partial charge in [0.1, 0.15) is 11.6 Å². The topological polar surface area (TPSA) is 37.8 Å². The number of aryl methyl sites for hydroxylation is 3. The summed E-state index contributed by atoms with van der Waals surface area (Å²) < 4.78 is 0. The molecule has 0 aliphatic heterocycles. The summed E-state index contributed by atoms with van der Waals surface area (Å²) in [6, 6.07) is 11.1. The largest absolute Gasteiger partial charge is 0.363 e. The molecule has 0 radical (unpaired) electrons. The summed E-state index contributed by atoms with van der Waals surface area (Å²) in [7, 11) is 0. The van der Waals surface area contributed by atoms with Gasteiger partial charge in [0.2, 0.25) is 0 Å². The van der Waals surface area contributed by atoms with Crippen molar-refractivity contribution in [2.24, 2.45) is 5.92 Å². The molecule has 3 heteroatoms. The van der Waals surface area contributed by atoms with E-state index in [0.29, 0.717) is 12.0 Å². The number of anilines is 1. The van der Waals surface area contributed by atoms with Crippen LogP contribution in [0.4, 0.5) is 5.82 Å². The molecule has 0 saturated heterocycles. The van der Waals surface area contributed by atoms with Crippen molar-refractivity contribution in [1.82, 2.24) is 9.97 Å². The maximum atomic E-state index is 4.51. The SMILES string of the molecule is Cc1cc(NC2c3ccccc3CCC2C)nc(C)n1. The van der Waals surface area contributed by atoms with Gasteiger partial charge in [0, 0.05) is 11.8 Å². The van der Waals surface area contributed by atoms with E-state index in [2.05, 4.69) is 46.5 Å². The molecular formula is C17H21N3. The van der Waals surface area contributed by atoms with Gasteiger partial charge in [-0.3, -0.25) is 0 Å². The highest BCUT2D eigenvalue weighted by Gasteiger charge is 2.26. The van der Waals surface area contributed by atoms with Gasteiger partial charge in [-0.2, -0.15) is 0 Å². The number of nitrogens with zero attached hydrogens (tertiary/aromatic N) is 2. The molecule has 0 fully saturated rings. The zero-order valence-corrected chi connectivity index (χ0v) is 12.4. The van der Waals surface area contributed by atoms with Crippen LogP contribution in [0.1, 0.15) is 42.0 Å². The number of fused-ring (bicyclic) bond motifs is 1. The second kappa shape index (κ2) is 5.23.